The lowest BCUT2D eigenvalue weighted by Crippen LogP contribution is -2.41. The molecule has 3 atom stereocenters. The van der Waals surface area contributed by atoms with E-state index < -0.39 is 0 Å². The molecular formula is C15H23ClN2O. The number of methoxy groups -OCH3 is 1. The molecule has 3 N–H and O–H groups in total. The second kappa shape index (κ2) is 6.60. The van der Waals surface area contributed by atoms with Crippen LogP contribution in [0.3, 0.4) is 0 Å². The summed E-state index contributed by atoms with van der Waals surface area (Å²) in [4.78, 5) is 0. The molecule has 1 aliphatic rings. The fraction of sp³-hybridized carbons (Fsp3) is 0.600. The van der Waals surface area contributed by atoms with Crippen molar-refractivity contribution in [2.45, 2.75) is 38.6 Å². The van der Waals surface area contributed by atoms with Crippen LogP contribution in [-0.4, -0.2) is 13.2 Å². The molecule has 0 heterocycles. The highest BCUT2D eigenvalue weighted by Crippen LogP contribution is 2.34. The predicted molar refractivity (Wildman–Crippen MR) is 79.3 cm³/mol. The first-order chi connectivity index (χ1) is 9.13. The standard InChI is InChI=1S/C15H23ClN2O/c1-10-3-4-11(7-10)14(18-17)9-12-8-13(16)5-6-15(12)19-2/h5-6,8,10-11,14,18H,3-4,7,9,17H2,1-2H3. The Balaban J connectivity index is 2.11. The first-order valence-electron chi connectivity index (χ1n) is 6.92. The van der Waals surface area contributed by atoms with E-state index in [0.717, 1.165) is 28.7 Å². The van der Waals surface area contributed by atoms with Gasteiger partial charge in [0.05, 0.1) is 7.11 Å². The Morgan fingerprint density at radius 1 is 1.47 bits per heavy atom. The third-order valence-corrected chi connectivity index (χ3v) is 4.44. The average Bonchev–Trinajstić information content (AvgIpc) is 2.82. The lowest BCUT2D eigenvalue weighted by atomic mass is 9.91. The maximum Gasteiger partial charge on any atom is 0.122 e. The Hall–Kier alpha value is -0.770. The fourth-order valence-electron chi connectivity index (χ4n) is 3.12. The van der Waals surface area contributed by atoms with Gasteiger partial charge in [-0.05, 0) is 54.9 Å². The van der Waals surface area contributed by atoms with Crippen molar-refractivity contribution in [3.63, 3.8) is 0 Å². The van der Waals surface area contributed by atoms with Gasteiger partial charge in [-0.2, -0.15) is 0 Å². The van der Waals surface area contributed by atoms with Crippen LogP contribution in [0.15, 0.2) is 18.2 Å². The van der Waals surface area contributed by atoms with Crippen molar-refractivity contribution >= 4 is 11.6 Å². The Morgan fingerprint density at radius 3 is 2.84 bits per heavy atom. The minimum Gasteiger partial charge on any atom is -0.496 e. The van der Waals surface area contributed by atoms with Crippen molar-refractivity contribution in [3.05, 3.63) is 28.8 Å². The molecule has 3 nitrogen and oxygen atoms in total. The summed E-state index contributed by atoms with van der Waals surface area (Å²) < 4.78 is 5.40. The molecule has 1 aromatic carbocycles. The summed E-state index contributed by atoms with van der Waals surface area (Å²) in [6, 6.07) is 6.04. The summed E-state index contributed by atoms with van der Waals surface area (Å²) in [5.41, 5.74) is 4.11. The van der Waals surface area contributed by atoms with Gasteiger partial charge < -0.3 is 4.74 Å². The number of nitrogens with two attached hydrogens (primary N) is 1. The SMILES string of the molecule is COc1ccc(Cl)cc1CC(NN)C1CCC(C)C1. The van der Waals surface area contributed by atoms with E-state index in [1.165, 1.54) is 19.3 Å². The maximum absolute atomic E-state index is 6.08. The van der Waals surface area contributed by atoms with E-state index in [1.807, 2.05) is 18.2 Å². The van der Waals surface area contributed by atoms with Crippen LogP contribution >= 0.6 is 11.6 Å². The average molecular weight is 283 g/mol. The lowest BCUT2D eigenvalue weighted by Gasteiger charge is -2.24. The first kappa shape index (κ1) is 14.6. The zero-order chi connectivity index (χ0) is 13.8. The largest absolute Gasteiger partial charge is 0.496 e. The third-order valence-electron chi connectivity index (χ3n) is 4.20. The monoisotopic (exact) mass is 282 g/mol. The van der Waals surface area contributed by atoms with E-state index in [2.05, 4.69) is 12.3 Å². The number of hydrazine groups is 1. The minimum atomic E-state index is 0.289. The Kier molecular flexibility index (Phi) is 5.08. The van der Waals surface area contributed by atoms with E-state index in [9.17, 15) is 0 Å². The van der Waals surface area contributed by atoms with Crippen molar-refractivity contribution in [2.24, 2.45) is 17.7 Å². The van der Waals surface area contributed by atoms with Crippen molar-refractivity contribution < 1.29 is 4.74 Å². The smallest absolute Gasteiger partial charge is 0.122 e. The van der Waals surface area contributed by atoms with Gasteiger partial charge in [-0.1, -0.05) is 24.9 Å². The van der Waals surface area contributed by atoms with E-state index >= 15 is 0 Å². The molecule has 106 valence electrons. The Bertz CT molecular complexity index is 425. The van der Waals surface area contributed by atoms with Crippen LogP contribution < -0.4 is 16.0 Å². The molecule has 1 fully saturated rings. The number of ether oxygens (including phenoxy) is 1. The normalized spacial score (nSPS) is 24.4. The van der Waals surface area contributed by atoms with Gasteiger partial charge in [0.1, 0.15) is 5.75 Å². The van der Waals surface area contributed by atoms with Gasteiger partial charge in [0, 0.05) is 11.1 Å². The van der Waals surface area contributed by atoms with Crippen molar-refractivity contribution in [2.75, 3.05) is 7.11 Å². The summed E-state index contributed by atoms with van der Waals surface area (Å²) in [6.07, 6.45) is 4.66. The Morgan fingerprint density at radius 2 is 2.26 bits per heavy atom. The van der Waals surface area contributed by atoms with Gasteiger partial charge >= 0.3 is 0 Å². The van der Waals surface area contributed by atoms with Gasteiger partial charge in [0.25, 0.3) is 0 Å². The molecule has 4 heteroatoms. The molecule has 0 radical (unpaired) electrons. The number of hydrogen-bond donors (Lipinski definition) is 2. The molecule has 0 spiro atoms. The molecule has 0 bridgehead atoms. The van der Waals surface area contributed by atoms with E-state index in [0.29, 0.717) is 5.92 Å². The van der Waals surface area contributed by atoms with Crippen LogP contribution in [0.5, 0.6) is 5.75 Å². The summed E-state index contributed by atoms with van der Waals surface area (Å²) in [7, 11) is 1.69. The highest BCUT2D eigenvalue weighted by Gasteiger charge is 2.28. The van der Waals surface area contributed by atoms with Gasteiger partial charge in [0.15, 0.2) is 0 Å². The molecule has 1 saturated carbocycles. The summed E-state index contributed by atoms with van der Waals surface area (Å²) in [6.45, 7) is 2.31. The number of benzene rings is 1. The fourth-order valence-corrected chi connectivity index (χ4v) is 3.32. The topological polar surface area (TPSA) is 47.3 Å². The number of nitrogens with one attached hydrogen (secondary N) is 1. The molecule has 19 heavy (non-hydrogen) atoms. The van der Waals surface area contributed by atoms with Gasteiger partial charge in [0.2, 0.25) is 0 Å². The molecular weight excluding hydrogens is 260 g/mol. The Labute approximate surface area is 120 Å². The van der Waals surface area contributed by atoms with Crippen LogP contribution in [-0.2, 0) is 6.42 Å². The molecule has 0 aromatic heterocycles. The first-order valence-corrected chi connectivity index (χ1v) is 7.30. The minimum absolute atomic E-state index is 0.289. The van der Waals surface area contributed by atoms with Crippen molar-refractivity contribution in [1.29, 1.82) is 0 Å². The number of halogens is 1. The lowest BCUT2D eigenvalue weighted by molar-refractivity contribution is 0.345. The second-order valence-electron chi connectivity index (χ2n) is 5.61. The zero-order valence-corrected chi connectivity index (χ0v) is 12.4. The van der Waals surface area contributed by atoms with E-state index in [4.69, 9.17) is 22.2 Å². The summed E-state index contributed by atoms with van der Waals surface area (Å²) in [5, 5.41) is 0.742. The van der Waals surface area contributed by atoms with Crippen molar-refractivity contribution in [3.8, 4) is 5.75 Å². The summed E-state index contributed by atoms with van der Waals surface area (Å²) in [5.74, 6) is 8.09. The van der Waals surface area contributed by atoms with E-state index in [1.54, 1.807) is 7.11 Å². The molecule has 1 aliphatic carbocycles. The van der Waals surface area contributed by atoms with Crippen LogP contribution in [0.2, 0.25) is 5.02 Å². The predicted octanol–water partition coefficient (Wildman–Crippen LogP) is 3.16. The van der Waals surface area contributed by atoms with Crippen LogP contribution in [0, 0.1) is 11.8 Å². The molecule has 0 amide bonds. The summed E-state index contributed by atoms with van der Waals surface area (Å²) >= 11 is 6.08. The molecule has 1 aromatic rings. The number of hydrogen-bond acceptors (Lipinski definition) is 3. The highest BCUT2D eigenvalue weighted by atomic mass is 35.5. The van der Waals surface area contributed by atoms with Gasteiger partial charge in [-0.3, -0.25) is 11.3 Å². The molecule has 3 unspecified atom stereocenters. The maximum atomic E-state index is 6.08. The molecule has 0 aliphatic heterocycles. The van der Waals surface area contributed by atoms with Crippen LogP contribution in [0.25, 0.3) is 0 Å². The quantitative estimate of drug-likeness (QED) is 0.644. The molecule has 0 saturated heterocycles. The zero-order valence-electron chi connectivity index (χ0n) is 11.7. The third kappa shape index (κ3) is 3.62. The second-order valence-corrected chi connectivity index (χ2v) is 6.05. The van der Waals surface area contributed by atoms with Crippen LogP contribution in [0.4, 0.5) is 0 Å². The van der Waals surface area contributed by atoms with Crippen molar-refractivity contribution in [1.82, 2.24) is 5.43 Å². The highest BCUT2D eigenvalue weighted by molar-refractivity contribution is 6.30. The molecule has 2 rings (SSSR count). The van der Waals surface area contributed by atoms with Crippen LogP contribution in [0.1, 0.15) is 31.7 Å². The van der Waals surface area contributed by atoms with Gasteiger partial charge in [-0.15, -0.1) is 0 Å². The van der Waals surface area contributed by atoms with Gasteiger partial charge in [-0.25, -0.2) is 0 Å². The number of rotatable bonds is 5. The van der Waals surface area contributed by atoms with E-state index in [-0.39, 0.29) is 6.04 Å².